The number of ether oxygens (including phenoxy) is 1. The molecular formula is C9H9BrO2. The molecule has 1 aromatic carbocycles. The SMILES string of the molecule is [2H]C(Br)C(=O)OCc1ccccc1. The van der Waals surface area contributed by atoms with Crippen molar-refractivity contribution in [3.05, 3.63) is 35.9 Å². The summed E-state index contributed by atoms with van der Waals surface area (Å²) in [6.45, 7) is 0.223. The number of hydrogen-bond acceptors (Lipinski definition) is 2. The normalized spacial score (nSPS) is 13.2. The van der Waals surface area contributed by atoms with Crippen LogP contribution in [0, 0.1) is 0 Å². The lowest BCUT2D eigenvalue weighted by atomic mass is 10.2. The summed E-state index contributed by atoms with van der Waals surface area (Å²) in [6.07, 6.45) is 0. The van der Waals surface area contributed by atoms with Crippen LogP contribution in [0.4, 0.5) is 0 Å². The van der Waals surface area contributed by atoms with Crippen LogP contribution in [0.3, 0.4) is 0 Å². The van der Waals surface area contributed by atoms with Crippen LogP contribution in [-0.2, 0) is 16.1 Å². The number of benzene rings is 1. The van der Waals surface area contributed by atoms with E-state index in [1.54, 1.807) is 0 Å². The van der Waals surface area contributed by atoms with E-state index in [9.17, 15) is 4.79 Å². The second-order valence-electron chi connectivity index (χ2n) is 2.20. The van der Waals surface area contributed by atoms with Gasteiger partial charge in [0.15, 0.2) is 0 Å². The second kappa shape index (κ2) is 4.93. The topological polar surface area (TPSA) is 26.3 Å². The molecule has 2 nitrogen and oxygen atoms in total. The van der Waals surface area contributed by atoms with Crippen LogP contribution in [0.5, 0.6) is 0 Å². The molecule has 0 saturated carbocycles. The molecule has 0 heterocycles. The second-order valence-corrected chi connectivity index (χ2v) is 2.66. The first-order valence-corrected chi connectivity index (χ1v) is 4.38. The van der Waals surface area contributed by atoms with Crippen molar-refractivity contribution < 1.29 is 10.9 Å². The fourth-order valence-electron chi connectivity index (χ4n) is 0.760. The van der Waals surface area contributed by atoms with Crippen LogP contribution < -0.4 is 0 Å². The van der Waals surface area contributed by atoms with Crippen molar-refractivity contribution in [1.82, 2.24) is 0 Å². The van der Waals surface area contributed by atoms with Gasteiger partial charge in [0.1, 0.15) is 11.9 Å². The van der Waals surface area contributed by atoms with Crippen LogP contribution in [0.1, 0.15) is 6.93 Å². The monoisotopic (exact) mass is 229 g/mol. The molecule has 1 unspecified atom stereocenters. The third-order valence-corrected chi connectivity index (χ3v) is 1.69. The van der Waals surface area contributed by atoms with Crippen LogP contribution in [-0.4, -0.2) is 11.3 Å². The van der Waals surface area contributed by atoms with E-state index in [0.717, 1.165) is 5.56 Å². The highest BCUT2D eigenvalue weighted by molar-refractivity contribution is 9.09. The summed E-state index contributed by atoms with van der Waals surface area (Å²) in [7, 11) is 0. The zero-order valence-electron chi connectivity index (χ0n) is 7.37. The molecule has 3 heteroatoms. The molecule has 0 bridgehead atoms. The lowest BCUT2D eigenvalue weighted by Crippen LogP contribution is -2.04. The zero-order chi connectivity index (χ0) is 9.68. The Morgan fingerprint density at radius 3 is 2.75 bits per heavy atom. The summed E-state index contributed by atoms with van der Waals surface area (Å²) in [5, 5.41) is -0.990. The zero-order valence-corrected chi connectivity index (χ0v) is 7.95. The van der Waals surface area contributed by atoms with E-state index in [2.05, 4.69) is 15.9 Å². The van der Waals surface area contributed by atoms with Gasteiger partial charge in [-0.1, -0.05) is 46.3 Å². The van der Waals surface area contributed by atoms with Crippen molar-refractivity contribution in [2.24, 2.45) is 0 Å². The van der Waals surface area contributed by atoms with Gasteiger partial charge >= 0.3 is 5.97 Å². The fraction of sp³-hybridized carbons (Fsp3) is 0.222. The largest absolute Gasteiger partial charge is 0.460 e. The predicted molar refractivity (Wildman–Crippen MR) is 50.0 cm³/mol. The Kier molecular flexibility index (Phi) is 3.20. The Balaban J connectivity index is 2.40. The first-order valence-electron chi connectivity index (χ1n) is 4.05. The summed E-state index contributed by atoms with van der Waals surface area (Å²) >= 11 is 2.81. The molecule has 0 aliphatic heterocycles. The maximum Gasteiger partial charge on any atom is 0.316 e. The van der Waals surface area contributed by atoms with E-state index < -0.39 is 11.3 Å². The van der Waals surface area contributed by atoms with Crippen LogP contribution >= 0.6 is 15.9 Å². The summed E-state index contributed by atoms with van der Waals surface area (Å²) in [6, 6.07) is 9.36. The number of esters is 1. The Morgan fingerprint density at radius 1 is 1.50 bits per heavy atom. The molecule has 0 aromatic heterocycles. The molecule has 64 valence electrons. The molecular weight excluding hydrogens is 220 g/mol. The van der Waals surface area contributed by atoms with Gasteiger partial charge in [0.05, 0.1) is 1.37 Å². The number of halogens is 1. The Labute approximate surface area is 81.1 Å². The van der Waals surface area contributed by atoms with Gasteiger partial charge in [-0.3, -0.25) is 4.79 Å². The van der Waals surface area contributed by atoms with E-state index in [4.69, 9.17) is 6.11 Å². The highest BCUT2D eigenvalue weighted by Gasteiger charge is 1.98. The van der Waals surface area contributed by atoms with Gasteiger partial charge in [-0.05, 0) is 5.56 Å². The molecule has 0 N–H and O–H groups in total. The lowest BCUT2D eigenvalue weighted by molar-refractivity contribution is -0.141. The Hall–Kier alpha value is -0.830. The van der Waals surface area contributed by atoms with Gasteiger partial charge in [0, 0.05) is 0 Å². The van der Waals surface area contributed by atoms with Crippen molar-refractivity contribution in [3.63, 3.8) is 0 Å². The van der Waals surface area contributed by atoms with Gasteiger partial charge in [-0.15, -0.1) is 0 Å². The number of carbonyl (C=O) groups is 1. The third-order valence-electron chi connectivity index (χ3n) is 1.31. The minimum atomic E-state index is -0.990. The standard InChI is InChI=1S/C9H9BrO2/c10-6-9(11)12-7-8-4-2-1-3-5-8/h1-5H,6-7H2/i6D. The maximum atomic E-state index is 10.9. The molecule has 1 rings (SSSR count). The summed E-state index contributed by atoms with van der Waals surface area (Å²) in [5.74, 6) is -0.566. The van der Waals surface area contributed by atoms with Crippen LogP contribution in [0.2, 0.25) is 0 Å². The first-order chi connectivity index (χ1) is 6.20. The van der Waals surface area contributed by atoms with Crippen molar-refractivity contribution in [2.75, 3.05) is 5.31 Å². The molecule has 0 spiro atoms. The molecule has 12 heavy (non-hydrogen) atoms. The van der Waals surface area contributed by atoms with Gasteiger partial charge in [0.25, 0.3) is 0 Å². The van der Waals surface area contributed by atoms with E-state index in [0.29, 0.717) is 0 Å². The smallest absolute Gasteiger partial charge is 0.316 e. The van der Waals surface area contributed by atoms with E-state index in [1.165, 1.54) is 0 Å². The van der Waals surface area contributed by atoms with Crippen molar-refractivity contribution in [1.29, 1.82) is 0 Å². The minimum Gasteiger partial charge on any atom is -0.460 e. The average Bonchev–Trinajstić information content (AvgIpc) is 2.15. The maximum absolute atomic E-state index is 10.9. The minimum absolute atomic E-state index is 0.223. The van der Waals surface area contributed by atoms with E-state index >= 15 is 0 Å². The quantitative estimate of drug-likeness (QED) is 0.587. The van der Waals surface area contributed by atoms with Crippen molar-refractivity contribution >= 4 is 21.9 Å². The van der Waals surface area contributed by atoms with Crippen LogP contribution in [0.15, 0.2) is 30.3 Å². The molecule has 0 amide bonds. The van der Waals surface area contributed by atoms with Gasteiger partial charge in [-0.2, -0.15) is 0 Å². The molecule has 0 fully saturated rings. The molecule has 0 radical (unpaired) electrons. The van der Waals surface area contributed by atoms with Crippen molar-refractivity contribution in [3.8, 4) is 0 Å². The van der Waals surface area contributed by atoms with Gasteiger partial charge in [-0.25, -0.2) is 0 Å². The molecule has 0 aliphatic carbocycles. The molecule has 0 saturated heterocycles. The Bertz CT molecular complexity index is 274. The summed E-state index contributed by atoms with van der Waals surface area (Å²) in [5.41, 5.74) is 0.920. The first kappa shape index (κ1) is 7.80. The Morgan fingerprint density at radius 2 is 2.17 bits per heavy atom. The third kappa shape index (κ3) is 3.05. The molecule has 0 aliphatic rings. The highest BCUT2D eigenvalue weighted by Crippen LogP contribution is 2.00. The highest BCUT2D eigenvalue weighted by atomic mass is 79.9. The average molecular weight is 230 g/mol. The molecule has 1 atom stereocenters. The van der Waals surface area contributed by atoms with Crippen LogP contribution in [0.25, 0.3) is 0 Å². The number of carbonyl (C=O) groups excluding carboxylic acids is 1. The summed E-state index contributed by atoms with van der Waals surface area (Å²) in [4.78, 5) is 10.9. The number of hydrogen-bond donors (Lipinski definition) is 0. The van der Waals surface area contributed by atoms with E-state index in [-0.39, 0.29) is 6.61 Å². The lowest BCUT2D eigenvalue weighted by Gasteiger charge is -2.01. The molecule has 1 aromatic rings. The van der Waals surface area contributed by atoms with Crippen molar-refractivity contribution in [2.45, 2.75) is 6.61 Å². The predicted octanol–water partition coefficient (Wildman–Crippen LogP) is 2.12. The van der Waals surface area contributed by atoms with Gasteiger partial charge in [0.2, 0.25) is 0 Å². The number of alkyl halides is 1. The summed E-state index contributed by atoms with van der Waals surface area (Å²) < 4.78 is 11.8. The fourth-order valence-corrected chi connectivity index (χ4v) is 0.892. The van der Waals surface area contributed by atoms with E-state index in [1.807, 2.05) is 30.3 Å². The van der Waals surface area contributed by atoms with Gasteiger partial charge < -0.3 is 4.74 Å². The number of rotatable bonds is 3.